The number of anilines is 3. The highest BCUT2D eigenvalue weighted by atomic mass is 16.3. The summed E-state index contributed by atoms with van der Waals surface area (Å²) in [6.07, 6.45) is 0. The van der Waals surface area contributed by atoms with E-state index >= 15 is 0 Å². The van der Waals surface area contributed by atoms with Crippen LogP contribution in [0.2, 0.25) is 0 Å². The summed E-state index contributed by atoms with van der Waals surface area (Å²) in [7, 11) is 0. The van der Waals surface area contributed by atoms with Crippen LogP contribution in [0.4, 0.5) is 17.1 Å². The second kappa shape index (κ2) is 14.9. The molecule has 0 N–H and O–H groups in total. The molecule has 0 saturated heterocycles. The summed E-state index contributed by atoms with van der Waals surface area (Å²) >= 11 is 0. The van der Waals surface area contributed by atoms with Crippen molar-refractivity contribution in [1.29, 1.82) is 0 Å². The number of benzene rings is 11. The van der Waals surface area contributed by atoms with Crippen LogP contribution in [0.5, 0.6) is 0 Å². The molecule has 0 unspecified atom stereocenters. The first-order valence-electron chi connectivity index (χ1n) is 24.2. The highest BCUT2D eigenvalue weighted by Gasteiger charge is 2.51. The maximum absolute atomic E-state index is 7.09. The quantitative estimate of drug-likeness (QED) is 0.166. The first-order chi connectivity index (χ1) is 34.7. The van der Waals surface area contributed by atoms with Crippen LogP contribution in [0, 0.1) is 0 Å². The predicted octanol–water partition coefficient (Wildman–Crippen LogP) is 17.8. The maximum atomic E-state index is 7.09. The minimum Gasteiger partial charge on any atom is -0.455 e. The van der Waals surface area contributed by atoms with E-state index in [1.165, 1.54) is 77.4 Å². The average molecular weight is 891 g/mol. The summed E-state index contributed by atoms with van der Waals surface area (Å²) < 4.78 is 9.46. The Morgan fingerprint density at radius 1 is 0.343 bits per heavy atom. The van der Waals surface area contributed by atoms with Crippen molar-refractivity contribution in [2.45, 2.75) is 5.41 Å². The van der Waals surface area contributed by atoms with E-state index in [0.29, 0.717) is 0 Å². The van der Waals surface area contributed by atoms with Gasteiger partial charge in [-0.1, -0.05) is 182 Å². The summed E-state index contributed by atoms with van der Waals surface area (Å²) in [6.45, 7) is 0. The molecule has 0 radical (unpaired) electrons. The van der Waals surface area contributed by atoms with Crippen LogP contribution in [0.25, 0.3) is 93.9 Å². The molecule has 11 aromatic carbocycles. The second-order valence-corrected chi connectivity index (χ2v) is 18.7. The number of aromatic nitrogens is 1. The molecule has 326 valence electrons. The van der Waals surface area contributed by atoms with Gasteiger partial charge in [-0.15, -0.1) is 0 Å². The van der Waals surface area contributed by atoms with Crippen LogP contribution >= 0.6 is 0 Å². The van der Waals surface area contributed by atoms with Crippen molar-refractivity contribution in [1.82, 2.24) is 4.57 Å². The number of furan rings is 1. The zero-order valence-corrected chi connectivity index (χ0v) is 38.1. The lowest BCUT2D eigenvalue weighted by atomic mass is 9.70. The van der Waals surface area contributed by atoms with Gasteiger partial charge in [-0.2, -0.15) is 0 Å². The van der Waals surface area contributed by atoms with Crippen molar-refractivity contribution >= 4 is 60.8 Å². The number of hydrogen-bond donors (Lipinski definition) is 0. The van der Waals surface area contributed by atoms with Crippen molar-refractivity contribution in [3.05, 3.63) is 277 Å². The molecule has 0 bridgehead atoms. The molecule has 0 fully saturated rings. The Morgan fingerprint density at radius 2 is 0.871 bits per heavy atom. The molecule has 70 heavy (non-hydrogen) atoms. The van der Waals surface area contributed by atoms with Crippen molar-refractivity contribution in [3.8, 4) is 50.2 Å². The van der Waals surface area contributed by atoms with Gasteiger partial charge in [-0.25, -0.2) is 0 Å². The summed E-state index contributed by atoms with van der Waals surface area (Å²) in [5, 5.41) is 4.57. The molecule has 2 aliphatic rings. The standard InChI is InChI=1S/C67H42N2O/c1-3-17-43(18-4-1)44-31-34-47(35-32-44)68(48-36-37-53-52-23-9-14-28-59(52)67(60(53)42-48)57-26-12-7-21-50(57)51-22-8-13-27-58(51)67)63-40-38-49(66-65(63)55-25-11-16-30-64(55)70-66)45-33-39-62-56(41-45)54-24-10-15-29-61(54)69(62)46-19-5-2-6-20-46/h1-42H. The van der Waals surface area contributed by atoms with Crippen LogP contribution in [-0.4, -0.2) is 4.57 Å². The molecule has 0 atom stereocenters. The molecule has 3 nitrogen and oxygen atoms in total. The highest BCUT2D eigenvalue weighted by molar-refractivity contribution is 6.18. The van der Waals surface area contributed by atoms with Gasteiger partial charge in [-0.05, 0) is 134 Å². The molecule has 3 heteroatoms. The van der Waals surface area contributed by atoms with Gasteiger partial charge in [0.05, 0.1) is 27.5 Å². The maximum Gasteiger partial charge on any atom is 0.145 e. The fraction of sp³-hybridized carbons (Fsp3) is 0.0149. The summed E-state index contributed by atoms with van der Waals surface area (Å²) in [6, 6.07) is 93.4. The molecule has 0 aliphatic heterocycles. The second-order valence-electron chi connectivity index (χ2n) is 18.7. The third kappa shape index (κ3) is 5.40. The number of nitrogens with zero attached hydrogens (tertiary/aromatic N) is 2. The lowest BCUT2D eigenvalue weighted by Crippen LogP contribution is -2.26. The molecule has 13 aromatic rings. The van der Waals surface area contributed by atoms with E-state index in [0.717, 1.165) is 55.8 Å². The van der Waals surface area contributed by atoms with Crippen molar-refractivity contribution in [2.75, 3.05) is 4.90 Å². The van der Waals surface area contributed by atoms with Gasteiger partial charge >= 0.3 is 0 Å². The van der Waals surface area contributed by atoms with Gasteiger partial charge < -0.3 is 13.9 Å². The fourth-order valence-electron chi connectivity index (χ4n) is 12.3. The normalized spacial score (nSPS) is 13.0. The van der Waals surface area contributed by atoms with E-state index in [1.807, 2.05) is 0 Å². The number of fused-ring (bicyclic) bond motifs is 16. The van der Waals surface area contributed by atoms with Crippen molar-refractivity contribution < 1.29 is 4.42 Å². The lowest BCUT2D eigenvalue weighted by molar-refractivity contribution is 0.670. The van der Waals surface area contributed by atoms with E-state index in [1.54, 1.807) is 0 Å². The zero-order valence-electron chi connectivity index (χ0n) is 38.1. The van der Waals surface area contributed by atoms with Gasteiger partial charge in [0, 0.05) is 38.8 Å². The van der Waals surface area contributed by atoms with E-state index in [-0.39, 0.29) is 0 Å². The Labute approximate surface area is 405 Å². The van der Waals surface area contributed by atoms with Crippen LogP contribution in [0.1, 0.15) is 22.3 Å². The van der Waals surface area contributed by atoms with Gasteiger partial charge in [0.1, 0.15) is 11.2 Å². The molecule has 0 amide bonds. The molecule has 2 aliphatic carbocycles. The minimum absolute atomic E-state index is 0.484. The SMILES string of the molecule is c1ccc(-c2ccc(N(c3ccc4c(c3)C3(c5ccccc5-c5ccccc53)c3ccccc3-4)c3ccc(-c4ccc5c(c4)c4ccccc4n5-c4ccccc4)c4oc5ccccc5c34)cc2)cc1. The summed E-state index contributed by atoms with van der Waals surface area (Å²) in [5.41, 5.74) is 22.9. The monoisotopic (exact) mass is 890 g/mol. The van der Waals surface area contributed by atoms with Crippen LogP contribution < -0.4 is 4.90 Å². The third-order valence-corrected chi connectivity index (χ3v) is 15.2. The Morgan fingerprint density at radius 3 is 1.59 bits per heavy atom. The van der Waals surface area contributed by atoms with Crippen LogP contribution in [-0.2, 0) is 5.41 Å². The van der Waals surface area contributed by atoms with Crippen LogP contribution in [0.3, 0.4) is 0 Å². The molecule has 2 aromatic heterocycles. The Balaban J connectivity index is 0.980. The molecule has 15 rings (SSSR count). The van der Waals surface area contributed by atoms with E-state index in [4.69, 9.17) is 4.42 Å². The lowest BCUT2D eigenvalue weighted by Gasteiger charge is -2.32. The van der Waals surface area contributed by atoms with Crippen molar-refractivity contribution in [3.63, 3.8) is 0 Å². The van der Waals surface area contributed by atoms with Gasteiger partial charge in [0.25, 0.3) is 0 Å². The number of rotatable bonds is 6. The molecular weight excluding hydrogens is 849 g/mol. The molecular formula is C67H42N2O. The first kappa shape index (κ1) is 38.9. The molecule has 1 spiro atoms. The minimum atomic E-state index is -0.484. The Kier molecular flexibility index (Phi) is 8.28. The van der Waals surface area contributed by atoms with Gasteiger partial charge in [-0.3, -0.25) is 0 Å². The Bertz CT molecular complexity index is 4170. The van der Waals surface area contributed by atoms with E-state index in [2.05, 4.69) is 264 Å². The van der Waals surface area contributed by atoms with Gasteiger partial charge in [0.2, 0.25) is 0 Å². The van der Waals surface area contributed by atoms with E-state index in [9.17, 15) is 0 Å². The summed E-state index contributed by atoms with van der Waals surface area (Å²) in [5.74, 6) is 0. The van der Waals surface area contributed by atoms with Gasteiger partial charge in [0.15, 0.2) is 0 Å². The number of hydrogen-bond acceptors (Lipinski definition) is 2. The average Bonchev–Trinajstić information content (AvgIpc) is 4.16. The number of para-hydroxylation sites is 3. The fourth-order valence-corrected chi connectivity index (χ4v) is 12.3. The molecule has 2 heterocycles. The summed E-state index contributed by atoms with van der Waals surface area (Å²) in [4.78, 5) is 2.46. The van der Waals surface area contributed by atoms with E-state index < -0.39 is 5.41 Å². The van der Waals surface area contributed by atoms with Crippen molar-refractivity contribution in [2.24, 2.45) is 0 Å². The smallest absolute Gasteiger partial charge is 0.145 e. The zero-order chi connectivity index (χ0) is 45.9. The predicted molar refractivity (Wildman–Crippen MR) is 290 cm³/mol. The first-order valence-corrected chi connectivity index (χ1v) is 24.2. The third-order valence-electron chi connectivity index (χ3n) is 15.2. The highest BCUT2D eigenvalue weighted by Crippen LogP contribution is 2.63. The molecule has 0 saturated carbocycles. The topological polar surface area (TPSA) is 21.3 Å². The Hall–Kier alpha value is -9.18. The largest absolute Gasteiger partial charge is 0.455 e. The van der Waals surface area contributed by atoms with Crippen LogP contribution in [0.15, 0.2) is 259 Å².